The standard InChI is InChI=1S/C12H24F2N2/c1-10(2)12(13,14)9-15-5-7-16(8-6-15)11(3)4/h10-11H,5-9H2,1-4H3. The summed E-state index contributed by atoms with van der Waals surface area (Å²) in [5, 5.41) is 0. The summed E-state index contributed by atoms with van der Waals surface area (Å²) in [5.41, 5.74) is 0. The van der Waals surface area contributed by atoms with Gasteiger partial charge in [0.1, 0.15) is 0 Å². The van der Waals surface area contributed by atoms with Crippen LogP contribution in [-0.4, -0.2) is 54.5 Å². The second-order valence-electron chi connectivity index (χ2n) is 5.32. The molecule has 0 aromatic carbocycles. The Balaban J connectivity index is 2.37. The van der Waals surface area contributed by atoms with Crippen molar-refractivity contribution in [3.63, 3.8) is 0 Å². The van der Waals surface area contributed by atoms with Crippen molar-refractivity contribution >= 4 is 0 Å². The van der Waals surface area contributed by atoms with Crippen LogP contribution >= 0.6 is 0 Å². The number of halogens is 2. The molecule has 1 rings (SSSR count). The highest BCUT2D eigenvalue weighted by Crippen LogP contribution is 2.25. The molecule has 0 N–H and O–H groups in total. The van der Waals surface area contributed by atoms with Crippen LogP contribution in [0.3, 0.4) is 0 Å². The van der Waals surface area contributed by atoms with Crippen molar-refractivity contribution in [3.05, 3.63) is 0 Å². The van der Waals surface area contributed by atoms with Gasteiger partial charge >= 0.3 is 0 Å². The number of piperazine rings is 1. The molecular formula is C12H24F2N2. The number of hydrogen-bond acceptors (Lipinski definition) is 2. The SMILES string of the molecule is CC(C)N1CCN(CC(F)(F)C(C)C)CC1. The fraction of sp³-hybridized carbons (Fsp3) is 1.00. The number of nitrogens with zero attached hydrogens (tertiary/aromatic N) is 2. The van der Waals surface area contributed by atoms with Crippen molar-refractivity contribution in [2.75, 3.05) is 32.7 Å². The second-order valence-corrected chi connectivity index (χ2v) is 5.32. The molecule has 4 heteroatoms. The van der Waals surface area contributed by atoms with Crippen molar-refractivity contribution in [3.8, 4) is 0 Å². The highest BCUT2D eigenvalue weighted by atomic mass is 19.3. The summed E-state index contributed by atoms with van der Waals surface area (Å²) in [6.45, 7) is 10.7. The minimum atomic E-state index is -2.56. The third-order valence-corrected chi connectivity index (χ3v) is 3.42. The first-order valence-electron chi connectivity index (χ1n) is 6.17. The molecule has 0 atom stereocenters. The Morgan fingerprint density at radius 3 is 1.88 bits per heavy atom. The van der Waals surface area contributed by atoms with Gasteiger partial charge in [-0.1, -0.05) is 13.8 Å². The minimum absolute atomic E-state index is 0.0867. The molecular weight excluding hydrogens is 210 g/mol. The van der Waals surface area contributed by atoms with Crippen molar-refractivity contribution in [1.29, 1.82) is 0 Å². The van der Waals surface area contributed by atoms with E-state index in [0.29, 0.717) is 6.04 Å². The zero-order valence-electron chi connectivity index (χ0n) is 10.8. The number of hydrogen-bond donors (Lipinski definition) is 0. The summed E-state index contributed by atoms with van der Waals surface area (Å²) in [6.07, 6.45) is 0. The fourth-order valence-corrected chi connectivity index (χ4v) is 1.92. The summed E-state index contributed by atoms with van der Waals surface area (Å²) < 4.78 is 27.1. The van der Waals surface area contributed by atoms with E-state index in [0.717, 1.165) is 26.2 Å². The van der Waals surface area contributed by atoms with E-state index in [1.54, 1.807) is 13.8 Å². The lowest BCUT2D eigenvalue weighted by Crippen LogP contribution is -2.52. The van der Waals surface area contributed by atoms with Crippen LogP contribution in [0, 0.1) is 5.92 Å². The molecule has 1 aliphatic rings. The summed E-state index contributed by atoms with van der Waals surface area (Å²) >= 11 is 0. The predicted octanol–water partition coefficient (Wildman–Crippen LogP) is 2.30. The minimum Gasteiger partial charge on any atom is -0.298 e. The van der Waals surface area contributed by atoms with Crippen LogP contribution in [0.4, 0.5) is 8.78 Å². The van der Waals surface area contributed by atoms with E-state index < -0.39 is 11.8 Å². The van der Waals surface area contributed by atoms with E-state index in [4.69, 9.17) is 0 Å². The van der Waals surface area contributed by atoms with E-state index in [-0.39, 0.29) is 6.54 Å². The first kappa shape index (κ1) is 13.8. The number of rotatable bonds is 4. The molecule has 0 saturated carbocycles. The largest absolute Gasteiger partial charge is 0.298 e. The van der Waals surface area contributed by atoms with Gasteiger partial charge in [-0.25, -0.2) is 8.78 Å². The maximum atomic E-state index is 13.5. The Bertz CT molecular complexity index is 209. The highest BCUT2D eigenvalue weighted by molar-refractivity contribution is 4.80. The van der Waals surface area contributed by atoms with Gasteiger partial charge < -0.3 is 0 Å². The van der Waals surface area contributed by atoms with Crippen LogP contribution in [-0.2, 0) is 0 Å². The van der Waals surface area contributed by atoms with E-state index in [2.05, 4.69) is 18.7 Å². The van der Waals surface area contributed by atoms with Crippen molar-refractivity contribution in [1.82, 2.24) is 9.80 Å². The normalized spacial score (nSPS) is 21.0. The van der Waals surface area contributed by atoms with Crippen LogP contribution < -0.4 is 0 Å². The van der Waals surface area contributed by atoms with Gasteiger partial charge in [-0.05, 0) is 13.8 Å². The molecule has 96 valence electrons. The maximum Gasteiger partial charge on any atom is 0.262 e. The molecule has 2 nitrogen and oxygen atoms in total. The lowest BCUT2D eigenvalue weighted by molar-refractivity contribution is -0.0782. The quantitative estimate of drug-likeness (QED) is 0.736. The Morgan fingerprint density at radius 1 is 1.00 bits per heavy atom. The fourth-order valence-electron chi connectivity index (χ4n) is 1.92. The van der Waals surface area contributed by atoms with Crippen LogP contribution in [0.2, 0.25) is 0 Å². The third kappa shape index (κ3) is 3.67. The van der Waals surface area contributed by atoms with E-state index in [1.807, 2.05) is 4.90 Å². The molecule has 1 aliphatic heterocycles. The van der Waals surface area contributed by atoms with Gasteiger partial charge in [0.05, 0.1) is 6.54 Å². The summed E-state index contributed by atoms with van der Waals surface area (Å²) in [6, 6.07) is 0.521. The van der Waals surface area contributed by atoms with Crippen molar-refractivity contribution in [2.45, 2.75) is 39.7 Å². The maximum absolute atomic E-state index is 13.5. The first-order chi connectivity index (χ1) is 7.33. The van der Waals surface area contributed by atoms with Gasteiger partial charge in [-0.2, -0.15) is 0 Å². The predicted molar refractivity (Wildman–Crippen MR) is 62.9 cm³/mol. The molecule has 1 heterocycles. The number of alkyl halides is 2. The molecule has 0 amide bonds. The van der Waals surface area contributed by atoms with Crippen molar-refractivity contribution in [2.24, 2.45) is 5.92 Å². The van der Waals surface area contributed by atoms with E-state index >= 15 is 0 Å². The summed E-state index contributed by atoms with van der Waals surface area (Å²) in [4.78, 5) is 4.23. The van der Waals surface area contributed by atoms with Gasteiger partial charge in [0, 0.05) is 38.1 Å². The monoisotopic (exact) mass is 234 g/mol. The van der Waals surface area contributed by atoms with Gasteiger partial charge in [0.25, 0.3) is 5.92 Å². The molecule has 0 radical (unpaired) electrons. The van der Waals surface area contributed by atoms with Gasteiger partial charge in [-0.3, -0.25) is 9.80 Å². The molecule has 0 spiro atoms. The molecule has 0 bridgehead atoms. The lowest BCUT2D eigenvalue weighted by atomic mass is 10.1. The first-order valence-corrected chi connectivity index (χ1v) is 6.17. The summed E-state index contributed by atoms with van der Waals surface area (Å²) in [5.74, 6) is -3.13. The van der Waals surface area contributed by atoms with Crippen LogP contribution in [0.15, 0.2) is 0 Å². The van der Waals surface area contributed by atoms with Crippen LogP contribution in [0.5, 0.6) is 0 Å². The highest BCUT2D eigenvalue weighted by Gasteiger charge is 2.36. The van der Waals surface area contributed by atoms with Crippen LogP contribution in [0.1, 0.15) is 27.7 Å². The van der Waals surface area contributed by atoms with Crippen molar-refractivity contribution < 1.29 is 8.78 Å². The molecule has 0 aliphatic carbocycles. The third-order valence-electron chi connectivity index (χ3n) is 3.42. The molecule has 1 saturated heterocycles. The van der Waals surface area contributed by atoms with Gasteiger partial charge in [0.2, 0.25) is 0 Å². The molecule has 0 aromatic rings. The van der Waals surface area contributed by atoms with Crippen LogP contribution in [0.25, 0.3) is 0 Å². The molecule has 1 fully saturated rings. The molecule has 0 aromatic heterocycles. The topological polar surface area (TPSA) is 6.48 Å². The van der Waals surface area contributed by atoms with E-state index in [1.165, 1.54) is 0 Å². The second kappa shape index (κ2) is 5.41. The van der Waals surface area contributed by atoms with Gasteiger partial charge in [-0.15, -0.1) is 0 Å². The zero-order chi connectivity index (χ0) is 12.3. The Morgan fingerprint density at radius 2 is 1.50 bits per heavy atom. The Hall–Kier alpha value is -0.220. The van der Waals surface area contributed by atoms with Gasteiger partial charge in [0.15, 0.2) is 0 Å². The van der Waals surface area contributed by atoms with E-state index in [9.17, 15) is 8.78 Å². The zero-order valence-corrected chi connectivity index (χ0v) is 10.8. The smallest absolute Gasteiger partial charge is 0.262 e. The average molecular weight is 234 g/mol. The summed E-state index contributed by atoms with van der Waals surface area (Å²) in [7, 11) is 0. The Labute approximate surface area is 97.6 Å². The molecule has 0 unspecified atom stereocenters. The average Bonchev–Trinajstić information content (AvgIpc) is 2.17. The molecule has 16 heavy (non-hydrogen) atoms. The lowest BCUT2D eigenvalue weighted by Gasteiger charge is -2.38. The Kier molecular flexibility index (Phi) is 4.68.